The lowest BCUT2D eigenvalue weighted by atomic mass is 10.2. The minimum atomic E-state index is -0.530. The molecule has 0 bridgehead atoms. The Balaban J connectivity index is 1.20. The van der Waals surface area contributed by atoms with Crippen LogP contribution in [0, 0.1) is 0 Å². The molecule has 4 rings (SSSR count). The van der Waals surface area contributed by atoms with E-state index in [9.17, 15) is 9.59 Å². The van der Waals surface area contributed by atoms with Crippen LogP contribution >= 0.6 is 11.8 Å². The summed E-state index contributed by atoms with van der Waals surface area (Å²) >= 11 is 1.58. The SMILES string of the molecule is O=C(COC(=O)CCSc1ccccc1)Nc1ccc2c(c1)OC1(CCCC1)O2. The third-order valence-corrected chi connectivity index (χ3v) is 5.88. The van der Waals surface area contributed by atoms with E-state index in [1.54, 1.807) is 30.0 Å². The second-order valence-electron chi connectivity index (χ2n) is 7.10. The van der Waals surface area contributed by atoms with Crippen LogP contribution < -0.4 is 14.8 Å². The van der Waals surface area contributed by atoms with Crippen molar-refractivity contribution in [1.29, 1.82) is 0 Å². The lowest BCUT2D eigenvalue weighted by Gasteiger charge is -2.21. The molecular weight excluding hydrogens is 390 g/mol. The van der Waals surface area contributed by atoms with Gasteiger partial charge in [-0.15, -0.1) is 11.8 Å². The largest absolute Gasteiger partial charge is 0.456 e. The maximum atomic E-state index is 12.1. The van der Waals surface area contributed by atoms with Crippen molar-refractivity contribution in [2.75, 3.05) is 17.7 Å². The van der Waals surface area contributed by atoms with Gasteiger partial charge in [-0.1, -0.05) is 18.2 Å². The zero-order valence-corrected chi connectivity index (χ0v) is 16.8. The first-order valence-corrected chi connectivity index (χ1v) is 10.8. The predicted molar refractivity (Wildman–Crippen MR) is 110 cm³/mol. The molecule has 29 heavy (non-hydrogen) atoms. The Hall–Kier alpha value is -2.67. The van der Waals surface area contributed by atoms with Gasteiger partial charge in [0.2, 0.25) is 0 Å². The van der Waals surface area contributed by atoms with Gasteiger partial charge < -0.3 is 19.5 Å². The number of fused-ring (bicyclic) bond motifs is 1. The van der Waals surface area contributed by atoms with Crippen molar-refractivity contribution in [3.63, 3.8) is 0 Å². The standard InChI is InChI=1S/C22H23NO5S/c24-20(15-26-21(25)10-13-29-17-6-2-1-3-7-17)23-16-8-9-18-19(14-16)28-22(27-18)11-4-5-12-22/h1-3,6-9,14H,4-5,10-13,15H2,(H,23,24). The van der Waals surface area contributed by atoms with Crippen molar-refractivity contribution in [1.82, 2.24) is 0 Å². The molecule has 0 atom stereocenters. The lowest BCUT2D eigenvalue weighted by molar-refractivity contribution is -0.146. The monoisotopic (exact) mass is 413 g/mol. The molecule has 6 nitrogen and oxygen atoms in total. The first-order valence-electron chi connectivity index (χ1n) is 9.77. The number of hydrogen-bond donors (Lipinski definition) is 1. The fourth-order valence-corrected chi connectivity index (χ4v) is 4.33. The molecule has 1 heterocycles. The summed E-state index contributed by atoms with van der Waals surface area (Å²) in [6.07, 6.45) is 4.18. The highest BCUT2D eigenvalue weighted by Gasteiger charge is 2.44. The first kappa shape index (κ1) is 19.6. The third kappa shape index (κ3) is 5.03. The second kappa shape index (κ2) is 8.78. The van der Waals surface area contributed by atoms with E-state index in [1.165, 1.54) is 0 Å². The van der Waals surface area contributed by atoms with E-state index < -0.39 is 11.8 Å². The van der Waals surface area contributed by atoms with Crippen LogP contribution in [0.5, 0.6) is 11.5 Å². The van der Waals surface area contributed by atoms with Gasteiger partial charge in [0.05, 0.1) is 6.42 Å². The van der Waals surface area contributed by atoms with Gasteiger partial charge in [-0.25, -0.2) is 0 Å². The van der Waals surface area contributed by atoms with Gasteiger partial charge in [0.1, 0.15) is 0 Å². The summed E-state index contributed by atoms with van der Waals surface area (Å²) < 4.78 is 17.0. The molecule has 1 spiro atoms. The van der Waals surface area contributed by atoms with E-state index in [0.29, 0.717) is 22.9 Å². The quantitative estimate of drug-likeness (QED) is 0.536. The zero-order valence-electron chi connectivity index (χ0n) is 16.0. The molecule has 1 amide bonds. The van der Waals surface area contributed by atoms with Crippen molar-refractivity contribution in [2.45, 2.75) is 42.8 Å². The molecule has 0 radical (unpaired) electrons. The van der Waals surface area contributed by atoms with Crippen LogP contribution in [-0.2, 0) is 14.3 Å². The third-order valence-electron chi connectivity index (χ3n) is 4.87. The molecule has 1 aliphatic carbocycles. The minimum Gasteiger partial charge on any atom is -0.456 e. The van der Waals surface area contributed by atoms with Crippen molar-refractivity contribution >= 4 is 29.3 Å². The Labute approximate surface area is 173 Å². The molecule has 1 fully saturated rings. The van der Waals surface area contributed by atoms with Gasteiger partial charge in [-0.3, -0.25) is 9.59 Å². The van der Waals surface area contributed by atoms with Crippen molar-refractivity contribution < 1.29 is 23.8 Å². The predicted octanol–water partition coefficient (Wildman–Crippen LogP) is 4.39. The molecule has 1 N–H and O–H groups in total. The smallest absolute Gasteiger partial charge is 0.307 e. The Bertz CT molecular complexity index is 880. The van der Waals surface area contributed by atoms with Crippen LogP contribution in [-0.4, -0.2) is 30.0 Å². The van der Waals surface area contributed by atoms with Crippen molar-refractivity contribution in [3.8, 4) is 11.5 Å². The minimum absolute atomic E-state index is 0.249. The summed E-state index contributed by atoms with van der Waals surface area (Å²) in [7, 11) is 0. The van der Waals surface area contributed by atoms with Gasteiger partial charge in [0.25, 0.3) is 11.7 Å². The Kier molecular flexibility index (Phi) is 5.94. The number of carbonyl (C=O) groups is 2. The topological polar surface area (TPSA) is 73.9 Å². The molecule has 2 aliphatic rings. The molecule has 152 valence electrons. The molecule has 0 saturated heterocycles. The summed E-state index contributed by atoms with van der Waals surface area (Å²) in [5.41, 5.74) is 0.586. The Morgan fingerprint density at radius 2 is 1.79 bits per heavy atom. The summed E-state index contributed by atoms with van der Waals surface area (Å²) in [5, 5.41) is 2.73. The maximum Gasteiger partial charge on any atom is 0.307 e. The van der Waals surface area contributed by atoms with Crippen molar-refractivity contribution in [2.24, 2.45) is 0 Å². The number of thioether (sulfide) groups is 1. The number of benzene rings is 2. The van der Waals surface area contributed by atoms with E-state index in [-0.39, 0.29) is 18.9 Å². The van der Waals surface area contributed by atoms with Crippen LogP contribution in [0.4, 0.5) is 5.69 Å². The molecule has 2 aromatic carbocycles. The zero-order chi connectivity index (χ0) is 20.1. The van der Waals surface area contributed by atoms with E-state index in [4.69, 9.17) is 14.2 Å². The fourth-order valence-electron chi connectivity index (χ4n) is 3.47. The number of esters is 1. The average Bonchev–Trinajstić information content (AvgIpc) is 3.32. The Morgan fingerprint density at radius 1 is 1.03 bits per heavy atom. The molecule has 1 aliphatic heterocycles. The highest BCUT2D eigenvalue weighted by atomic mass is 32.2. The van der Waals surface area contributed by atoms with E-state index >= 15 is 0 Å². The number of carbonyl (C=O) groups excluding carboxylic acids is 2. The summed E-state index contributed by atoms with van der Waals surface area (Å²) in [4.78, 5) is 25.0. The van der Waals surface area contributed by atoms with E-state index in [2.05, 4.69) is 5.32 Å². The van der Waals surface area contributed by atoms with Crippen LogP contribution in [0.15, 0.2) is 53.4 Å². The number of hydrogen-bond acceptors (Lipinski definition) is 6. The normalized spacial score (nSPS) is 16.0. The molecule has 0 unspecified atom stereocenters. The van der Waals surface area contributed by atoms with Gasteiger partial charge >= 0.3 is 5.97 Å². The first-order chi connectivity index (χ1) is 14.1. The van der Waals surface area contributed by atoms with Gasteiger partial charge in [0, 0.05) is 35.2 Å². The van der Waals surface area contributed by atoms with Crippen LogP contribution in [0.1, 0.15) is 32.1 Å². The van der Waals surface area contributed by atoms with Crippen LogP contribution in [0.3, 0.4) is 0 Å². The Morgan fingerprint density at radius 3 is 2.59 bits per heavy atom. The van der Waals surface area contributed by atoms with Crippen LogP contribution in [0.25, 0.3) is 0 Å². The number of anilines is 1. The maximum absolute atomic E-state index is 12.1. The molecular formula is C22H23NO5S. The lowest BCUT2D eigenvalue weighted by Crippen LogP contribution is -2.34. The van der Waals surface area contributed by atoms with E-state index in [0.717, 1.165) is 30.6 Å². The molecule has 0 aromatic heterocycles. The molecule has 2 aromatic rings. The average molecular weight is 413 g/mol. The van der Waals surface area contributed by atoms with Crippen molar-refractivity contribution in [3.05, 3.63) is 48.5 Å². The van der Waals surface area contributed by atoms with Gasteiger partial charge in [0.15, 0.2) is 18.1 Å². The highest BCUT2D eigenvalue weighted by molar-refractivity contribution is 7.99. The van der Waals surface area contributed by atoms with E-state index in [1.807, 2.05) is 30.3 Å². The van der Waals surface area contributed by atoms with Crippen LogP contribution in [0.2, 0.25) is 0 Å². The van der Waals surface area contributed by atoms with Gasteiger partial charge in [-0.2, -0.15) is 0 Å². The fraction of sp³-hybridized carbons (Fsp3) is 0.364. The second-order valence-corrected chi connectivity index (χ2v) is 8.27. The number of rotatable bonds is 7. The highest BCUT2D eigenvalue weighted by Crippen LogP contribution is 2.47. The van der Waals surface area contributed by atoms with Gasteiger partial charge in [-0.05, 0) is 37.1 Å². The summed E-state index contributed by atoms with van der Waals surface area (Å²) in [6.45, 7) is -0.312. The number of nitrogens with one attached hydrogen (secondary N) is 1. The number of ether oxygens (including phenoxy) is 3. The number of amides is 1. The molecule has 1 saturated carbocycles. The summed E-state index contributed by atoms with van der Waals surface area (Å²) in [6, 6.07) is 15.1. The molecule has 7 heteroatoms. The summed E-state index contributed by atoms with van der Waals surface area (Å²) in [5.74, 6) is 0.639.